The molecule has 18 heteroatoms. The summed E-state index contributed by atoms with van der Waals surface area (Å²) in [7, 11) is 7.22. The molecule has 393 valence electrons. The first-order valence-electron chi connectivity index (χ1n) is 26.2. The van der Waals surface area contributed by atoms with Gasteiger partial charge in [0.1, 0.15) is 18.3 Å². The van der Waals surface area contributed by atoms with Crippen LogP contribution in [0.2, 0.25) is 0 Å². The van der Waals surface area contributed by atoms with Gasteiger partial charge < -0.3 is 38.8 Å². The molecule has 3 saturated heterocycles. The number of carbonyl (C=O) groups excluding carboxylic acids is 5. The van der Waals surface area contributed by atoms with E-state index in [0.29, 0.717) is 77.9 Å². The Labute approximate surface area is 434 Å². The largest absolute Gasteiger partial charge is 0.464 e. The number of aryl methyl sites for hydroxylation is 1. The maximum absolute atomic E-state index is 15.0. The fourth-order valence-electron chi connectivity index (χ4n) is 11.7. The molecular formula is C55H76N9O8Si. The Morgan fingerprint density at radius 3 is 2.56 bits per heavy atom. The summed E-state index contributed by atoms with van der Waals surface area (Å²) >= 11 is 0. The van der Waals surface area contributed by atoms with Crippen molar-refractivity contribution in [2.75, 3.05) is 66.6 Å². The van der Waals surface area contributed by atoms with E-state index in [1.807, 2.05) is 40.0 Å². The second-order valence-electron chi connectivity index (χ2n) is 21.9. The van der Waals surface area contributed by atoms with Crippen LogP contribution in [0.4, 0.5) is 4.79 Å². The van der Waals surface area contributed by atoms with Crippen LogP contribution >= 0.6 is 0 Å². The van der Waals surface area contributed by atoms with E-state index in [0.717, 1.165) is 57.5 Å². The van der Waals surface area contributed by atoms with Gasteiger partial charge in [-0.25, -0.2) is 10.2 Å². The monoisotopic (exact) mass is 1020 g/mol. The third kappa shape index (κ3) is 11.2. The molecule has 3 fully saturated rings. The van der Waals surface area contributed by atoms with E-state index in [-0.39, 0.29) is 36.5 Å². The number of esters is 1. The lowest BCUT2D eigenvalue weighted by Crippen LogP contribution is -2.62. The molecule has 5 amide bonds. The second-order valence-corrected chi connectivity index (χ2v) is 22.5. The number of likely N-dealkylation sites (N-methyl/N-ethyl adjacent to an activating group) is 1. The van der Waals surface area contributed by atoms with Crippen molar-refractivity contribution in [1.82, 2.24) is 44.9 Å². The molecule has 2 N–H and O–H groups in total. The number of hydrazine groups is 1. The summed E-state index contributed by atoms with van der Waals surface area (Å²) in [4.78, 5) is 82.3. The van der Waals surface area contributed by atoms with Crippen LogP contribution < -0.4 is 10.7 Å². The number of hydrogen-bond acceptors (Lipinski definition) is 11. The number of amides is 5. The normalized spacial score (nSPS) is 24.6. The average Bonchev–Trinajstić information content (AvgIpc) is 3.87. The number of ether oxygens (including phenoxy) is 3. The molecule has 5 aliphatic rings. The number of carbonyl (C=O) groups is 5. The lowest BCUT2D eigenvalue weighted by molar-refractivity contribution is -0.155. The number of rotatable bonds is 10. The molecule has 1 aromatic carbocycles. The predicted molar refractivity (Wildman–Crippen MR) is 281 cm³/mol. The first-order valence-corrected chi connectivity index (χ1v) is 26.8. The number of aromatic nitrogens is 2. The van der Waals surface area contributed by atoms with Crippen LogP contribution in [0.25, 0.3) is 27.7 Å². The summed E-state index contributed by atoms with van der Waals surface area (Å²) in [5.74, 6) is -2.35. The first kappa shape index (κ1) is 53.9. The van der Waals surface area contributed by atoms with Crippen molar-refractivity contribution in [3.8, 4) is 11.3 Å². The van der Waals surface area contributed by atoms with Gasteiger partial charge in [0, 0.05) is 93.7 Å². The number of fused-ring (bicyclic) bond motifs is 6. The number of hydrogen-bond donors (Lipinski definition) is 2. The van der Waals surface area contributed by atoms with Crippen molar-refractivity contribution < 1.29 is 38.2 Å². The molecule has 7 heterocycles. The van der Waals surface area contributed by atoms with Crippen molar-refractivity contribution >= 4 is 56.4 Å². The minimum absolute atomic E-state index is 0.152. The molecular weight excluding hydrogens is 943 g/mol. The average molecular weight is 1020 g/mol. The fraction of sp³-hybridized carbons (Fsp3) is 0.600. The lowest BCUT2D eigenvalue weighted by atomic mass is 9.84. The van der Waals surface area contributed by atoms with Crippen LogP contribution in [0.1, 0.15) is 103 Å². The maximum Gasteiger partial charge on any atom is 0.324 e. The zero-order valence-electron chi connectivity index (χ0n) is 44.4. The van der Waals surface area contributed by atoms with Crippen molar-refractivity contribution in [3.63, 3.8) is 0 Å². The van der Waals surface area contributed by atoms with Crippen LogP contribution in [0, 0.1) is 17.3 Å². The van der Waals surface area contributed by atoms with Gasteiger partial charge in [0.2, 0.25) is 17.7 Å². The van der Waals surface area contributed by atoms with Crippen LogP contribution in [0.15, 0.2) is 55.3 Å². The van der Waals surface area contributed by atoms with Crippen LogP contribution in [-0.4, -0.2) is 170 Å². The predicted octanol–water partition coefficient (Wildman–Crippen LogP) is 5.67. The number of pyridine rings is 1. The first-order chi connectivity index (χ1) is 34.8. The molecule has 0 aliphatic carbocycles. The summed E-state index contributed by atoms with van der Waals surface area (Å²) in [6.07, 6.45) is 8.28. The summed E-state index contributed by atoms with van der Waals surface area (Å²) in [5, 5.41) is 5.78. The molecule has 5 aliphatic heterocycles. The Hall–Kier alpha value is -5.40. The van der Waals surface area contributed by atoms with Gasteiger partial charge >= 0.3 is 12.0 Å². The number of piperidine rings is 1. The van der Waals surface area contributed by atoms with E-state index in [2.05, 4.69) is 88.1 Å². The van der Waals surface area contributed by atoms with Gasteiger partial charge in [-0.15, -0.1) is 0 Å². The quantitative estimate of drug-likeness (QED) is 0.146. The van der Waals surface area contributed by atoms with Crippen molar-refractivity contribution in [2.45, 2.75) is 129 Å². The molecule has 3 aromatic rings. The second kappa shape index (κ2) is 22.2. The van der Waals surface area contributed by atoms with Gasteiger partial charge in [-0.2, -0.15) is 0 Å². The number of benzene rings is 1. The van der Waals surface area contributed by atoms with E-state index in [1.165, 1.54) is 16.0 Å². The Bertz CT molecular complexity index is 2610. The van der Waals surface area contributed by atoms with Crippen molar-refractivity contribution in [1.29, 1.82) is 0 Å². The van der Waals surface area contributed by atoms with Gasteiger partial charge in [0.15, 0.2) is 0 Å². The van der Waals surface area contributed by atoms with Crippen molar-refractivity contribution in [2.24, 2.45) is 17.3 Å². The topological polar surface area (TPSA) is 171 Å². The Kier molecular flexibility index (Phi) is 16.4. The third-order valence-electron chi connectivity index (χ3n) is 15.7. The third-order valence-corrected chi connectivity index (χ3v) is 16.3. The summed E-state index contributed by atoms with van der Waals surface area (Å²) in [6.45, 7) is 21.7. The number of likely N-dealkylation sites (tertiary alicyclic amines) is 1. The van der Waals surface area contributed by atoms with E-state index in [4.69, 9.17) is 19.2 Å². The molecule has 6 bridgehead atoms. The van der Waals surface area contributed by atoms with Crippen LogP contribution in [-0.2, 0) is 46.4 Å². The molecule has 0 saturated carbocycles. The van der Waals surface area contributed by atoms with Crippen LogP contribution in [0.3, 0.4) is 0 Å². The molecule has 1 unspecified atom stereocenters. The SMILES string of the molecule is C=CC(=O)N1CC2(CCN(C(=O)N(C)[C@H](C(=O)N[C@H]([Si])[C@H]3CN4CCC=C(C4)c4ccc5c(c4)c(c(-c4cccnc4[C@H](C)OC)n5CC)CC(C)(C)COC(=O)[C@@H]4CCCN(N4)C3=O)C(C)C)CC2)O[C@@H]1C. The fourth-order valence-corrected chi connectivity index (χ4v) is 12.1. The van der Waals surface area contributed by atoms with E-state index < -0.39 is 52.8 Å². The smallest absolute Gasteiger partial charge is 0.324 e. The number of nitrogens with one attached hydrogen (secondary N) is 2. The highest BCUT2D eigenvalue weighted by Crippen LogP contribution is 2.42. The van der Waals surface area contributed by atoms with Gasteiger partial charge in [0.25, 0.3) is 0 Å². The highest BCUT2D eigenvalue weighted by atomic mass is 28.1. The van der Waals surface area contributed by atoms with Crippen LogP contribution in [0.5, 0.6) is 0 Å². The number of cyclic esters (lactones) is 1. The molecule has 8 rings (SSSR count). The van der Waals surface area contributed by atoms with E-state index >= 15 is 0 Å². The van der Waals surface area contributed by atoms with Gasteiger partial charge in [0.05, 0.1) is 52.4 Å². The van der Waals surface area contributed by atoms with Gasteiger partial charge in [-0.05, 0) is 112 Å². The Morgan fingerprint density at radius 2 is 1.86 bits per heavy atom. The highest BCUT2D eigenvalue weighted by molar-refractivity contribution is 6.15. The lowest BCUT2D eigenvalue weighted by Gasteiger charge is -2.42. The molecule has 73 heavy (non-hydrogen) atoms. The summed E-state index contributed by atoms with van der Waals surface area (Å²) < 4.78 is 20.7. The zero-order chi connectivity index (χ0) is 52.5. The number of urea groups is 1. The summed E-state index contributed by atoms with van der Waals surface area (Å²) in [5.41, 5.74) is 8.75. The van der Waals surface area contributed by atoms with Crippen molar-refractivity contribution in [3.05, 3.63) is 72.1 Å². The number of methoxy groups -OCH3 is 1. The highest BCUT2D eigenvalue weighted by Gasteiger charge is 2.48. The van der Waals surface area contributed by atoms with E-state index in [9.17, 15) is 24.0 Å². The van der Waals surface area contributed by atoms with Gasteiger partial charge in [-0.3, -0.25) is 34.1 Å². The molecule has 2 aromatic heterocycles. The van der Waals surface area contributed by atoms with Gasteiger partial charge in [-0.1, -0.05) is 46.4 Å². The number of nitrogens with zero attached hydrogens (tertiary/aromatic N) is 7. The summed E-state index contributed by atoms with van der Waals surface area (Å²) in [6, 6.07) is 8.88. The molecule has 1 spiro atoms. The molecule has 7 atom stereocenters. The van der Waals surface area contributed by atoms with E-state index in [1.54, 1.807) is 24.0 Å². The molecule has 17 nitrogen and oxygen atoms in total. The molecule has 3 radical (unpaired) electrons. The Balaban J connectivity index is 1.07. The maximum atomic E-state index is 15.0. The standard InChI is InChI=1S/C55H76N9O8Si/c1-11-45(65)63-32-55(72-36(63)6)21-26-61(27-22-55)53(69)59(9)47(34(3)4)49(66)57-50(73)42-31-60-24-14-16-38(30-60)37-19-20-44-40(28-37)41(48(62(44)12-2)39-17-13-23-56-46(39)35(5)70-10)29-54(7,8)33-71-52(68)43-18-15-25-64(58-43)51(42)67/h11,13,16-17,19-20,23,28,34-36,42-43,47,50,58H,1,12,14-15,18,21-22,24-27,29-33H2,2-10H3,(H,57,66)/t35-,36+,42+,43-,47-,50+/m0/s1. The minimum Gasteiger partial charge on any atom is -0.464 e. The minimum atomic E-state index is -0.864. The zero-order valence-corrected chi connectivity index (χ0v) is 45.4. The Morgan fingerprint density at radius 1 is 1.11 bits per heavy atom.